The molecule has 1 aliphatic rings. The molecule has 5 nitrogen and oxygen atoms in total. The number of aryl methyl sites for hydroxylation is 1. The molecule has 0 aliphatic heterocycles. The van der Waals surface area contributed by atoms with Crippen molar-refractivity contribution in [1.29, 1.82) is 0 Å². The number of nitrogens with zero attached hydrogens (tertiary/aromatic N) is 4. The molecule has 0 saturated carbocycles. The summed E-state index contributed by atoms with van der Waals surface area (Å²) in [5.74, 6) is 2.96. The third-order valence-corrected chi connectivity index (χ3v) is 9.68. The Bertz CT molecular complexity index is 2780. The highest BCUT2D eigenvalue weighted by atomic mass is 16.3. The van der Waals surface area contributed by atoms with Crippen molar-refractivity contribution in [1.82, 2.24) is 19.9 Å². The largest absolute Gasteiger partial charge is 0.442 e. The van der Waals surface area contributed by atoms with E-state index in [0.29, 0.717) is 23.2 Å². The Morgan fingerprint density at radius 2 is 1.14 bits per heavy atom. The van der Waals surface area contributed by atoms with Gasteiger partial charge in [-0.2, -0.15) is 0 Å². The number of benzene rings is 6. The molecule has 0 unspecified atom stereocenters. The fraction of sp³-hybridized carbons (Fsp3) is 0.0455. The Balaban J connectivity index is 1.15. The van der Waals surface area contributed by atoms with Crippen LogP contribution in [0.5, 0.6) is 0 Å². The van der Waals surface area contributed by atoms with Gasteiger partial charge in [-0.15, -0.1) is 0 Å². The summed E-state index contributed by atoms with van der Waals surface area (Å²) in [7, 11) is 0. The number of hydrogen-bond acceptors (Lipinski definition) is 5. The summed E-state index contributed by atoms with van der Waals surface area (Å²) >= 11 is 0. The number of rotatable bonds is 4. The topological polar surface area (TPSA) is 64.7 Å². The molecule has 0 amide bonds. The predicted molar refractivity (Wildman–Crippen MR) is 199 cm³/mol. The van der Waals surface area contributed by atoms with Crippen molar-refractivity contribution >= 4 is 55.1 Å². The zero-order chi connectivity index (χ0) is 32.3. The van der Waals surface area contributed by atoms with E-state index in [1.165, 1.54) is 27.3 Å². The van der Waals surface area contributed by atoms with E-state index in [2.05, 4.69) is 114 Å². The van der Waals surface area contributed by atoms with Gasteiger partial charge in [-0.3, -0.25) is 0 Å². The zero-order valence-corrected chi connectivity index (χ0v) is 26.5. The molecule has 0 saturated heterocycles. The summed E-state index contributed by atoms with van der Waals surface area (Å²) in [6.45, 7) is 0. The van der Waals surface area contributed by atoms with E-state index in [0.717, 1.165) is 62.4 Å². The average Bonchev–Trinajstić information content (AvgIpc) is 3.56. The molecule has 3 heterocycles. The van der Waals surface area contributed by atoms with E-state index >= 15 is 0 Å². The summed E-state index contributed by atoms with van der Waals surface area (Å²) < 4.78 is 6.29. The lowest BCUT2D eigenvalue weighted by Crippen LogP contribution is -2.01. The Hall–Kier alpha value is -6.46. The lowest BCUT2D eigenvalue weighted by Gasteiger charge is -2.17. The maximum absolute atomic E-state index is 6.29. The second-order valence-corrected chi connectivity index (χ2v) is 12.6. The molecule has 10 rings (SSSR count). The number of furan rings is 1. The molecule has 3 aromatic heterocycles. The lowest BCUT2D eigenvalue weighted by molar-refractivity contribution is 0.539. The summed E-state index contributed by atoms with van der Waals surface area (Å²) in [6, 6.07) is 46.3. The first-order valence-corrected chi connectivity index (χ1v) is 16.6. The number of pyridine rings is 1. The average molecular weight is 629 g/mol. The van der Waals surface area contributed by atoms with Gasteiger partial charge in [0, 0.05) is 40.3 Å². The van der Waals surface area contributed by atoms with E-state index in [1.807, 2.05) is 36.5 Å². The highest BCUT2D eigenvalue weighted by Crippen LogP contribution is 2.42. The Morgan fingerprint density at radius 1 is 0.490 bits per heavy atom. The van der Waals surface area contributed by atoms with E-state index in [4.69, 9.17) is 19.4 Å². The van der Waals surface area contributed by atoms with Gasteiger partial charge in [0.05, 0.1) is 5.39 Å². The second-order valence-electron chi connectivity index (χ2n) is 12.6. The van der Waals surface area contributed by atoms with Crippen molar-refractivity contribution in [3.63, 3.8) is 0 Å². The molecular formula is C44H28N4O. The first-order chi connectivity index (χ1) is 24.3. The molecule has 0 atom stereocenters. The monoisotopic (exact) mass is 628 g/mol. The van der Waals surface area contributed by atoms with Gasteiger partial charge in [0.15, 0.2) is 17.5 Å². The van der Waals surface area contributed by atoms with Gasteiger partial charge in [-0.25, -0.2) is 19.9 Å². The maximum Gasteiger partial charge on any atom is 0.227 e. The quantitative estimate of drug-likeness (QED) is 0.194. The second kappa shape index (κ2) is 11.1. The van der Waals surface area contributed by atoms with E-state index < -0.39 is 0 Å². The molecule has 5 heteroatoms. The van der Waals surface area contributed by atoms with Crippen molar-refractivity contribution in [3.8, 4) is 34.2 Å². The smallest absolute Gasteiger partial charge is 0.227 e. The van der Waals surface area contributed by atoms with Crippen molar-refractivity contribution in [2.24, 2.45) is 0 Å². The van der Waals surface area contributed by atoms with Gasteiger partial charge in [0.25, 0.3) is 0 Å². The van der Waals surface area contributed by atoms with Gasteiger partial charge in [0.1, 0.15) is 5.76 Å². The number of aromatic nitrogens is 4. The third kappa shape index (κ3) is 4.62. The summed E-state index contributed by atoms with van der Waals surface area (Å²) in [5, 5.41) is 7.97. The van der Waals surface area contributed by atoms with Crippen molar-refractivity contribution in [2.75, 3.05) is 0 Å². The van der Waals surface area contributed by atoms with Crippen LogP contribution < -0.4 is 0 Å². The van der Waals surface area contributed by atoms with Crippen LogP contribution in [0.15, 0.2) is 144 Å². The normalized spacial score (nSPS) is 12.9. The van der Waals surface area contributed by atoms with Crippen LogP contribution in [0.1, 0.15) is 23.3 Å². The van der Waals surface area contributed by atoms with Crippen LogP contribution in [0.25, 0.3) is 89.2 Å². The zero-order valence-electron chi connectivity index (χ0n) is 26.5. The Morgan fingerprint density at radius 3 is 1.98 bits per heavy atom. The van der Waals surface area contributed by atoms with E-state index in [1.54, 1.807) is 0 Å². The number of allylic oxidation sites excluding steroid dienone is 1. The molecule has 0 radical (unpaired) electrons. The highest BCUT2D eigenvalue weighted by Gasteiger charge is 2.23. The van der Waals surface area contributed by atoms with Crippen molar-refractivity contribution < 1.29 is 4.42 Å². The molecule has 0 spiro atoms. The van der Waals surface area contributed by atoms with Crippen LogP contribution in [0.4, 0.5) is 0 Å². The summed E-state index contributed by atoms with van der Waals surface area (Å²) in [4.78, 5) is 19.9. The fourth-order valence-electron chi connectivity index (χ4n) is 7.28. The van der Waals surface area contributed by atoms with Crippen LogP contribution in [0.2, 0.25) is 0 Å². The van der Waals surface area contributed by atoms with Crippen molar-refractivity contribution in [2.45, 2.75) is 12.8 Å². The molecule has 230 valence electrons. The Kier molecular flexibility index (Phi) is 6.24. The molecule has 0 N–H and O–H groups in total. The third-order valence-electron chi connectivity index (χ3n) is 9.68. The highest BCUT2D eigenvalue weighted by molar-refractivity contribution is 6.12. The standard InChI is InChI=1S/C44H28N4O/c1-2-11-28(12-3-1)41-46-42(31-19-18-27-10-4-5-13-29(27)24-31)48-43(47-41)37-22-21-33(35-16-8-9-17-36(35)37)30-20-23-39-38(25-30)40-34-15-7-6-14-32(34)26-45-44(40)49-39/h1-19,21-22,24-26H,20,23H2. The molecule has 6 aromatic carbocycles. The molecule has 0 fully saturated rings. The first-order valence-electron chi connectivity index (χ1n) is 16.6. The predicted octanol–water partition coefficient (Wildman–Crippen LogP) is 11.0. The van der Waals surface area contributed by atoms with Crippen LogP contribution in [-0.4, -0.2) is 19.9 Å². The summed E-state index contributed by atoms with van der Waals surface area (Å²) in [6.07, 6.45) is 5.92. The maximum atomic E-state index is 6.29. The molecular weight excluding hydrogens is 601 g/mol. The van der Waals surface area contributed by atoms with Gasteiger partial charge < -0.3 is 4.42 Å². The van der Waals surface area contributed by atoms with Crippen LogP contribution in [0, 0.1) is 0 Å². The minimum absolute atomic E-state index is 0.650. The molecule has 9 aromatic rings. The Labute approximate surface area is 282 Å². The first kappa shape index (κ1) is 27.6. The number of fused-ring (bicyclic) bond motifs is 7. The van der Waals surface area contributed by atoms with E-state index in [-0.39, 0.29) is 0 Å². The minimum atomic E-state index is 0.650. The minimum Gasteiger partial charge on any atom is -0.442 e. The molecule has 49 heavy (non-hydrogen) atoms. The molecule has 1 aliphatic carbocycles. The van der Waals surface area contributed by atoms with Crippen LogP contribution >= 0.6 is 0 Å². The lowest BCUT2D eigenvalue weighted by atomic mass is 9.87. The van der Waals surface area contributed by atoms with Gasteiger partial charge >= 0.3 is 0 Å². The fourth-order valence-corrected chi connectivity index (χ4v) is 7.28. The van der Waals surface area contributed by atoms with Gasteiger partial charge in [0.2, 0.25) is 5.71 Å². The van der Waals surface area contributed by atoms with Gasteiger partial charge in [-0.05, 0) is 62.7 Å². The SMILES string of the molecule is C1=C(c2ccc(-c3nc(-c4ccccc4)nc(-c4ccc5ccccc5c4)n3)c3ccccc23)CCc2oc3ncc4ccccc4c3c21. The summed E-state index contributed by atoms with van der Waals surface area (Å²) in [5.41, 5.74) is 7.21. The number of hydrogen-bond donors (Lipinski definition) is 0. The van der Waals surface area contributed by atoms with Crippen LogP contribution in [0.3, 0.4) is 0 Å². The molecule has 0 bridgehead atoms. The van der Waals surface area contributed by atoms with Crippen LogP contribution in [-0.2, 0) is 6.42 Å². The van der Waals surface area contributed by atoms with Crippen molar-refractivity contribution in [3.05, 3.63) is 157 Å². The van der Waals surface area contributed by atoms with E-state index in [9.17, 15) is 0 Å². The van der Waals surface area contributed by atoms with Gasteiger partial charge in [-0.1, -0.05) is 121 Å².